The number of hydrogen-bond donors (Lipinski definition) is 0. The maximum absolute atomic E-state index is 9.38. The highest BCUT2D eigenvalue weighted by Crippen LogP contribution is 2.08. The van der Waals surface area contributed by atoms with Crippen LogP contribution in [0.25, 0.3) is 0 Å². The van der Waals surface area contributed by atoms with E-state index in [1.54, 1.807) is 6.07 Å². The van der Waals surface area contributed by atoms with Crippen molar-refractivity contribution in [3.8, 4) is 6.07 Å². The molecule has 3 nitrogen and oxygen atoms in total. The van der Waals surface area contributed by atoms with Gasteiger partial charge >= 0.3 is 7.12 Å². The monoisotopic (exact) mass is 327 g/mol. The third kappa shape index (κ3) is 4.80. The molecular formula is C21H18BNO2. The Morgan fingerprint density at radius 3 is 1.68 bits per heavy atom. The molecule has 0 bridgehead atoms. The van der Waals surface area contributed by atoms with Crippen molar-refractivity contribution >= 4 is 12.6 Å². The molecular weight excluding hydrogens is 309 g/mol. The topological polar surface area (TPSA) is 42.2 Å². The Balaban J connectivity index is 1.76. The van der Waals surface area contributed by atoms with E-state index in [4.69, 9.17) is 9.31 Å². The standard InChI is InChI=1S/C21H18BNO2/c23-15-20-13-7-8-14-21(20)22(24-16-18-9-3-1-4-10-18)25-17-19-11-5-2-6-12-19/h1-14H,16-17H2. The summed E-state index contributed by atoms with van der Waals surface area (Å²) in [7, 11) is -0.601. The fourth-order valence-corrected chi connectivity index (χ4v) is 2.52. The molecule has 0 aliphatic heterocycles. The van der Waals surface area contributed by atoms with Crippen molar-refractivity contribution in [3.63, 3.8) is 0 Å². The molecule has 0 atom stereocenters. The molecule has 4 heteroatoms. The molecule has 0 radical (unpaired) electrons. The van der Waals surface area contributed by atoms with Gasteiger partial charge in [-0.2, -0.15) is 5.26 Å². The fraction of sp³-hybridized carbons (Fsp3) is 0.0952. The molecule has 3 aromatic rings. The Bertz CT molecular complexity index is 788. The van der Waals surface area contributed by atoms with Gasteiger partial charge in [0.05, 0.1) is 24.8 Å². The molecule has 0 saturated carbocycles. The molecule has 0 saturated heterocycles. The van der Waals surface area contributed by atoms with Gasteiger partial charge in [-0.25, -0.2) is 0 Å². The Morgan fingerprint density at radius 1 is 0.680 bits per heavy atom. The Kier molecular flexibility index (Phi) is 6.00. The normalized spacial score (nSPS) is 10.2. The minimum atomic E-state index is -0.601. The van der Waals surface area contributed by atoms with E-state index in [1.807, 2.05) is 78.9 Å². The summed E-state index contributed by atoms with van der Waals surface area (Å²) < 4.78 is 12.0. The predicted octanol–water partition coefficient (Wildman–Crippen LogP) is 3.69. The van der Waals surface area contributed by atoms with Gasteiger partial charge in [0.1, 0.15) is 0 Å². The van der Waals surface area contributed by atoms with E-state index < -0.39 is 7.12 Å². The van der Waals surface area contributed by atoms with E-state index in [0.717, 1.165) is 16.6 Å². The maximum atomic E-state index is 9.38. The minimum Gasteiger partial charge on any atom is -0.403 e. The van der Waals surface area contributed by atoms with Crippen LogP contribution in [0.15, 0.2) is 84.9 Å². The first-order valence-corrected chi connectivity index (χ1v) is 8.17. The molecule has 3 aromatic carbocycles. The molecule has 0 fully saturated rings. The van der Waals surface area contributed by atoms with E-state index in [-0.39, 0.29) is 0 Å². The third-order valence-electron chi connectivity index (χ3n) is 3.82. The van der Waals surface area contributed by atoms with Crippen LogP contribution in [-0.4, -0.2) is 7.12 Å². The van der Waals surface area contributed by atoms with Gasteiger partial charge in [0.15, 0.2) is 0 Å². The lowest BCUT2D eigenvalue weighted by molar-refractivity contribution is 0.192. The van der Waals surface area contributed by atoms with Crippen molar-refractivity contribution in [3.05, 3.63) is 102 Å². The van der Waals surface area contributed by atoms with Gasteiger partial charge in [-0.1, -0.05) is 78.9 Å². The van der Waals surface area contributed by atoms with Crippen LogP contribution in [-0.2, 0) is 22.5 Å². The second kappa shape index (κ2) is 8.84. The van der Waals surface area contributed by atoms with Gasteiger partial charge in [0, 0.05) is 5.46 Å². The second-order valence-electron chi connectivity index (χ2n) is 5.62. The first kappa shape index (κ1) is 17.0. The molecule has 3 rings (SSSR count). The summed E-state index contributed by atoms with van der Waals surface area (Å²) in [6.07, 6.45) is 0. The average Bonchev–Trinajstić information content (AvgIpc) is 2.70. The fourth-order valence-electron chi connectivity index (χ4n) is 2.52. The van der Waals surface area contributed by atoms with Crippen molar-refractivity contribution in [1.82, 2.24) is 0 Å². The van der Waals surface area contributed by atoms with Crippen LogP contribution in [0.1, 0.15) is 16.7 Å². The molecule has 0 aliphatic rings. The number of hydrogen-bond acceptors (Lipinski definition) is 3. The molecule has 25 heavy (non-hydrogen) atoms. The predicted molar refractivity (Wildman–Crippen MR) is 99.0 cm³/mol. The Morgan fingerprint density at radius 2 is 1.16 bits per heavy atom. The lowest BCUT2D eigenvalue weighted by atomic mass is 9.75. The summed E-state index contributed by atoms with van der Waals surface area (Å²) in [6.45, 7) is 0.833. The summed E-state index contributed by atoms with van der Waals surface area (Å²) in [4.78, 5) is 0. The molecule has 122 valence electrons. The number of nitrogens with zero attached hydrogens (tertiary/aromatic N) is 1. The largest absolute Gasteiger partial charge is 0.495 e. The zero-order valence-electron chi connectivity index (χ0n) is 13.8. The summed E-state index contributed by atoms with van der Waals surface area (Å²) in [5.74, 6) is 0. The van der Waals surface area contributed by atoms with Gasteiger partial charge in [-0.15, -0.1) is 0 Å². The lowest BCUT2D eigenvalue weighted by Crippen LogP contribution is -2.38. The highest BCUT2D eigenvalue weighted by Gasteiger charge is 2.24. The van der Waals surface area contributed by atoms with Crippen LogP contribution in [0.4, 0.5) is 0 Å². The summed E-state index contributed by atoms with van der Waals surface area (Å²) in [5, 5.41) is 9.38. The van der Waals surface area contributed by atoms with E-state index in [2.05, 4.69) is 6.07 Å². The van der Waals surface area contributed by atoms with Crippen LogP contribution in [0.5, 0.6) is 0 Å². The zero-order chi connectivity index (χ0) is 17.3. The highest BCUT2D eigenvalue weighted by atomic mass is 16.6. The molecule has 0 aliphatic carbocycles. The summed E-state index contributed by atoms with van der Waals surface area (Å²) in [6, 6.07) is 29.4. The Hall–Kier alpha value is -2.87. The van der Waals surface area contributed by atoms with Crippen molar-refractivity contribution in [2.24, 2.45) is 0 Å². The van der Waals surface area contributed by atoms with Crippen molar-refractivity contribution in [2.45, 2.75) is 13.2 Å². The van der Waals surface area contributed by atoms with E-state index in [0.29, 0.717) is 18.8 Å². The van der Waals surface area contributed by atoms with Crippen LogP contribution in [0.2, 0.25) is 0 Å². The SMILES string of the molecule is N#Cc1ccccc1B(OCc1ccccc1)OCc1ccccc1. The second-order valence-corrected chi connectivity index (χ2v) is 5.62. The average molecular weight is 327 g/mol. The first-order valence-electron chi connectivity index (χ1n) is 8.17. The molecule has 0 spiro atoms. The van der Waals surface area contributed by atoms with E-state index in [9.17, 15) is 5.26 Å². The van der Waals surface area contributed by atoms with Crippen LogP contribution < -0.4 is 5.46 Å². The minimum absolute atomic E-state index is 0.417. The van der Waals surface area contributed by atoms with Gasteiger partial charge < -0.3 is 9.31 Å². The first-order chi connectivity index (χ1) is 12.4. The van der Waals surface area contributed by atoms with Crippen molar-refractivity contribution in [2.75, 3.05) is 0 Å². The number of benzene rings is 3. The Labute approximate surface area is 148 Å². The zero-order valence-corrected chi connectivity index (χ0v) is 13.8. The smallest absolute Gasteiger partial charge is 0.403 e. The molecule has 0 N–H and O–H groups in total. The lowest BCUT2D eigenvalue weighted by Gasteiger charge is -2.16. The highest BCUT2D eigenvalue weighted by molar-refractivity contribution is 6.62. The van der Waals surface area contributed by atoms with E-state index >= 15 is 0 Å². The van der Waals surface area contributed by atoms with Gasteiger partial charge in [-0.3, -0.25) is 0 Å². The van der Waals surface area contributed by atoms with Gasteiger partial charge in [0.2, 0.25) is 0 Å². The number of nitriles is 1. The van der Waals surface area contributed by atoms with Gasteiger partial charge in [-0.05, 0) is 17.2 Å². The summed E-state index contributed by atoms with van der Waals surface area (Å²) in [5.41, 5.74) is 3.43. The quantitative estimate of drug-likeness (QED) is 0.622. The maximum Gasteiger partial charge on any atom is 0.495 e. The molecule has 0 unspecified atom stereocenters. The molecule has 0 heterocycles. The van der Waals surface area contributed by atoms with Crippen LogP contribution in [0.3, 0.4) is 0 Å². The van der Waals surface area contributed by atoms with Crippen molar-refractivity contribution < 1.29 is 9.31 Å². The molecule has 0 aromatic heterocycles. The number of rotatable bonds is 7. The third-order valence-corrected chi connectivity index (χ3v) is 3.82. The van der Waals surface area contributed by atoms with Crippen LogP contribution >= 0.6 is 0 Å². The molecule has 0 amide bonds. The van der Waals surface area contributed by atoms with Crippen molar-refractivity contribution in [1.29, 1.82) is 5.26 Å². The van der Waals surface area contributed by atoms with Gasteiger partial charge in [0.25, 0.3) is 0 Å². The summed E-state index contributed by atoms with van der Waals surface area (Å²) >= 11 is 0. The van der Waals surface area contributed by atoms with Crippen LogP contribution in [0, 0.1) is 11.3 Å². The van der Waals surface area contributed by atoms with E-state index in [1.165, 1.54) is 0 Å².